The van der Waals surface area contributed by atoms with Crippen LogP contribution < -0.4 is 15.4 Å². The van der Waals surface area contributed by atoms with Crippen LogP contribution in [-0.2, 0) is 6.54 Å². The van der Waals surface area contributed by atoms with Crippen LogP contribution in [0.5, 0.6) is 5.75 Å². The number of rotatable bonds is 5. The third-order valence-corrected chi connectivity index (χ3v) is 2.59. The molecular weight excluding hydrogens is 266 g/mol. The highest BCUT2D eigenvalue weighted by Crippen LogP contribution is 2.14. The minimum absolute atomic E-state index is 0.146. The van der Waals surface area contributed by atoms with Gasteiger partial charge in [-0.15, -0.1) is 0 Å². The number of anilines is 2. The zero-order valence-corrected chi connectivity index (χ0v) is 11.4. The summed E-state index contributed by atoms with van der Waals surface area (Å²) in [4.78, 5) is 12.1. The van der Waals surface area contributed by atoms with Gasteiger partial charge in [-0.05, 0) is 29.3 Å². The van der Waals surface area contributed by atoms with Crippen LogP contribution in [-0.4, -0.2) is 29.1 Å². The second kappa shape index (κ2) is 6.19. The molecule has 0 amide bonds. The van der Waals surface area contributed by atoms with E-state index in [0.29, 0.717) is 18.4 Å². The lowest BCUT2D eigenvalue weighted by atomic mass is 10.2. The second-order valence-corrected chi connectivity index (χ2v) is 4.04. The van der Waals surface area contributed by atoms with Gasteiger partial charge in [0.1, 0.15) is 5.75 Å². The lowest BCUT2D eigenvalue weighted by molar-refractivity contribution is 0.414. The van der Waals surface area contributed by atoms with Crippen LogP contribution in [0, 0.1) is 0 Å². The summed E-state index contributed by atoms with van der Waals surface area (Å²) in [7, 11) is 3.36. The van der Waals surface area contributed by atoms with E-state index in [1.165, 1.54) is 0 Å². The summed E-state index contributed by atoms with van der Waals surface area (Å²) in [6, 6.07) is 7.74. The standard InChI is InChI=1S/C12H14ClN5O/c1-14-11-16-10(13)17-12(18-11)15-7-8-4-3-5-9(6-8)19-2/h3-6H,7H2,1-2H3,(H2,14,15,16,17,18). The molecule has 1 aromatic heterocycles. The first kappa shape index (κ1) is 13.4. The largest absolute Gasteiger partial charge is 0.497 e. The number of nitrogens with zero attached hydrogens (tertiary/aromatic N) is 3. The maximum absolute atomic E-state index is 5.80. The predicted molar refractivity (Wildman–Crippen MR) is 74.7 cm³/mol. The maximum atomic E-state index is 5.80. The Hall–Kier alpha value is -2.08. The van der Waals surface area contributed by atoms with Crippen LogP contribution in [0.25, 0.3) is 0 Å². The molecule has 1 heterocycles. The molecular formula is C12H14ClN5O. The van der Waals surface area contributed by atoms with E-state index in [1.54, 1.807) is 14.2 Å². The lowest BCUT2D eigenvalue weighted by Gasteiger charge is -2.07. The van der Waals surface area contributed by atoms with E-state index in [4.69, 9.17) is 16.3 Å². The van der Waals surface area contributed by atoms with Gasteiger partial charge in [-0.1, -0.05) is 12.1 Å². The monoisotopic (exact) mass is 279 g/mol. The molecule has 0 unspecified atom stereocenters. The third-order valence-electron chi connectivity index (χ3n) is 2.42. The van der Waals surface area contributed by atoms with Gasteiger partial charge >= 0.3 is 0 Å². The van der Waals surface area contributed by atoms with Crippen molar-refractivity contribution in [1.82, 2.24) is 15.0 Å². The smallest absolute Gasteiger partial charge is 0.229 e. The summed E-state index contributed by atoms with van der Waals surface area (Å²) in [5.74, 6) is 1.66. The normalized spacial score (nSPS) is 10.1. The van der Waals surface area contributed by atoms with Crippen molar-refractivity contribution in [3.05, 3.63) is 35.1 Å². The van der Waals surface area contributed by atoms with E-state index in [0.717, 1.165) is 11.3 Å². The number of nitrogens with one attached hydrogen (secondary N) is 2. The highest BCUT2D eigenvalue weighted by Gasteiger charge is 2.03. The Kier molecular flexibility index (Phi) is 4.35. The molecule has 0 radical (unpaired) electrons. The fourth-order valence-corrected chi connectivity index (χ4v) is 1.66. The molecule has 0 saturated carbocycles. The topological polar surface area (TPSA) is 72.0 Å². The maximum Gasteiger partial charge on any atom is 0.229 e. The molecule has 1 aromatic carbocycles. The Labute approximate surface area is 116 Å². The van der Waals surface area contributed by atoms with Crippen LogP contribution in [0.15, 0.2) is 24.3 Å². The number of aromatic nitrogens is 3. The van der Waals surface area contributed by atoms with Gasteiger partial charge in [0.05, 0.1) is 7.11 Å². The van der Waals surface area contributed by atoms with Crippen molar-refractivity contribution >= 4 is 23.5 Å². The Balaban J connectivity index is 2.07. The number of hydrogen-bond donors (Lipinski definition) is 2. The van der Waals surface area contributed by atoms with Crippen molar-refractivity contribution in [2.75, 3.05) is 24.8 Å². The minimum Gasteiger partial charge on any atom is -0.497 e. The van der Waals surface area contributed by atoms with Crippen LogP contribution >= 0.6 is 11.6 Å². The number of methoxy groups -OCH3 is 1. The summed E-state index contributed by atoms with van der Waals surface area (Å²) >= 11 is 5.80. The average Bonchev–Trinajstić information content (AvgIpc) is 2.44. The zero-order chi connectivity index (χ0) is 13.7. The summed E-state index contributed by atoms with van der Waals surface area (Å²) in [5, 5.41) is 6.05. The van der Waals surface area contributed by atoms with Crippen molar-refractivity contribution < 1.29 is 4.74 Å². The quantitative estimate of drug-likeness (QED) is 0.874. The van der Waals surface area contributed by atoms with E-state index in [1.807, 2.05) is 24.3 Å². The van der Waals surface area contributed by atoms with Crippen LogP contribution in [0.1, 0.15) is 5.56 Å². The lowest BCUT2D eigenvalue weighted by Crippen LogP contribution is -2.07. The van der Waals surface area contributed by atoms with Crippen LogP contribution in [0.3, 0.4) is 0 Å². The van der Waals surface area contributed by atoms with Crippen molar-refractivity contribution in [3.63, 3.8) is 0 Å². The fraction of sp³-hybridized carbons (Fsp3) is 0.250. The average molecular weight is 280 g/mol. The fourth-order valence-electron chi connectivity index (χ4n) is 1.50. The molecule has 0 bridgehead atoms. The van der Waals surface area contributed by atoms with E-state index in [-0.39, 0.29) is 5.28 Å². The summed E-state index contributed by atoms with van der Waals surface area (Å²) in [5.41, 5.74) is 1.06. The van der Waals surface area contributed by atoms with Crippen molar-refractivity contribution in [2.45, 2.75) is 6.54 Å². The molecule has 100 valence electrons. The number of ether oxygens (including phenoxy) is 1. The Bertz CT molecular complexity index is 564. The van der Waals surface area contributed by atoms with Gasteiger partial charge in [0.15, 0.2) is 0 Å². The van der Waals surface area contributed by atoms with Crippen molar-refractivity contribution in [2.24, 2.45) is 0 Å². The number of hydrogen-bond acceptors (Lipinski definition) is 6. The highest BCUT2D eigenvalue weighted by atomic mass is 35.5. The van der Waals surface area contributed by atoms with Gasteiger partial charge in [0.25, 0.3) is 0 Å². The first-order valence-corrected chi connectivity index (χ1v) is 6.05. The first-order chi connectivity index (χ1) is 9.21. The molecule has 0 saturated heterocycles. The van der Waals surface area contributed by atoms with Crippen LogP contribution in [0.2, 0.25) is 5.28 Å². The van der Waals surface area contributed by atoms with Gasteiger partial charge in [0, 0.05) is 13.6 Å². The third kappa shape index (κ3) is 3.69. The summed E-state index contributed by atoms with van der Waals surface area (Å²) in [6.07, 6.45) is 0. The SMILES string of the molecule is CNc1nc(Cl)nc(NCc2cccc(OC)c2)n1. The van der Waals surface area contributed by atoms with Gasteiger partial charge in [-0.2, -0.15) is 15.0 Å². The van der Waals surface area contributed by atoms with E-state index in [2.05, 4.69) is 25.6 Å². The number of benzene rings is 1. The molecule has 0 aliphatic rings. The molecule has 0 aliphatic heterocycles. The Morgan fingerprint density at radius 2 is 2.00 bits per heavy atom. The Morgan fingerprint density at radius 3 is 2.74 bits per heavy atom. The summed E-state index contributed by atoms with van der Waals surface area (Å²) in [6.45, 7) is 0.570. The molecule has 7 heteroatoms. The molecule has 0 spiro atoms. The van der Waals surface area contributed by atoms with E-state index >= 15 is 0 Å². The predicted octanol–water partition coefficient (Wildman–Crippen LogP) is 2.19. The second-order valence-electron chi connectivity index (χ2n) is 3.71. The molecule has 2 aromatic rings. The molecule has 2 N–H and O–H groups in total. The van der Waals surface area contributed by atoms with Crippen LogP contribution in [0.4, 0.5) is 11.9 Å². The van der Waals surface area contributed by atoms with E-state index in [9.17, 15) is 0 Å². The molecule has 0 aliphatic carbocycles. The van der Waals surface area contributed by atoms with Gasteiger partial charge in [-0.3, -0.25) is 0 Å². The number of halogens is 1. The van der Waals surface area contributed by atoms with Gasteiger partial charge in [0.2, 0.25) is 17.2 Å². The molecule has 0 atom stereocenters. The minimum atomic E-state index is 0.146. The first-order valence-electron chi connectivity index (χ1n) is 5.67. The van der Waals surface area contributed by atoms with Crippen molar-refractivity contribution in [3.8, 4) is 5.75 Å². The Morgan fingerprint density at radius 1 is 1.21 bits per heavy atom. The van der Waals surface area contributed by atoms with Gasteiger partial charge < -0.3 is 15.4 Å². The molecule has 0 fully saturated rings. The van der Waals surface area contributed by atoms with E-state index < -0.39 is 0 Å². The summed E-state index contributed by atoms with van der Waals surface area (Å²) < 4.78 is 5.16. The highest BCUT2D eigenvalue weighted by molar-refractivity contribution is 6.28. The molecule has 19 heavy (non-hydrogen) atoms. The molecule has 2 rings (SSSR count). The van der Waals surface area contributed by atoms with Gasteiger partial charge in [-0.25, -0.2) is 0 Å². The van der Waals surface area contributed by atoms with Crippen molar-refractivity contribution in [1.29, 1.82) is 0 Å². The molecule has 6 nitrogen and oxygen atoms in total. The zero-order valence-electron chi connectivity index (χ0n) is 10.6.